The number of pyridine rings is 1. The molecule has 0 radical (unpaired) electrons. The van der Waals surface area contributed by atoms with Gasteiger partial charge in [-0.05, 0) is 128 Å². The van der Waals surface area contributed by atoms with Crippen LogP contribution in [0, 0.1) is 41.5 Å². The fraction of sp³-hybridized carbons (Fsp3) is 0.340. The Bertz CT molecular complexity index is 1970. The van der Waals surface area contributed by atoms with Crippen molar-refractivity contribution in [1.82, 2.24) is 4.98 Å². The molecule has 0 N–H and O–H groups in total. The van der Waals surface area contributed by atoms with E-state index in [4.69, 9.17) is 4.98 Å². The molecule has 0 aliphatic carbocycles. The number of hydrogen-bond donors (Lipinski definition) is 0. The van der Waals surface area contributed by atoms with Crippen LogP contribution in [0.2, 0.25) is 0 Å². The molecule has 0 unspecified atom stereocenters. The van der Waals surface area contributed by atoms with Crippen LogP contribution in [0.25, 0.3) is 55.9 Å². The molecule has 6 aromatic rings. The molecule has 5 aromatic carbocycles. The van der Waals surface area contributed by atoms with Crippen LogP contribution in [0.4, 0.5) is 0 Å². The summed E-state index contributed by atoms with van der Waals surface area (Å²) < 4.78 is 0. The van der Waals surface area contributed by atoms with E-state index in [-0.39, 0.29) is 0 Å². The molecule has 0 bridgehead atoms. The third-order valence-corrected chi connectivity index (χ3v) is 11.2. The molecular formula is C53H61N. The number of aromatic nitrogens is 1. The Morgan fingerprint density at radius 1 is 0.352 bits per heavy atom. The third kappa shape index (κ3) is 9.86. The molecule has 278 valence electrons. The average Bonchev–Trinajstić information content (AvgIpc) is 3.15. The molecule has 0 saturated heterocycles. The maximum absolute atomic E-state index is 5.30. The van der Waals surface area contributed by atoms with Crippen LogP contribution < -0.4 is 0 Å². The molecule has 1 heterocycles. The standard InChI is InChI=1S/C53H61N/c1-8-9-10-11-12-13-14-15-16-17-18-43-19-21-44(22-20-43)49-35-50(45-23-27-47(28-24-45)52-39(4)31-37(2)32-40(52)5)54-51(36-49)46-25-29-48(30-26-46)53-41(6)33-38(3)34-42(53)7/h19-36H,8-18H2,1-7H3. The van der Waals surface area contributed by atoms with Crippen molar-refractivity contribution >= 4 is 0 Å². The van der Waals surface area contributed by atoms with E-state index in [1.807, 2.05) is 0 Å². The molecule has 54 heavy (non-hydrogen) atoms. The van der Waals surface area contributed by atoms with Crippen LogP contribution in [0.3, 0.4) is 0 Å². The number of nitrogens with zero attached hydrogens (tertiary/aromatic N) is 1. The van der Waals surface area contributed by atoms with Gasteiger partial charge in [-0.2, -0.15) is 0 Å². The lowest BCUT2D eigenvalue weighted by molar-refractivity contribution is 0.556. The zero-order valence-electron chi connectivity index (χ0n) is 34.1. The number of benzene rings is 5. The van der Waals surface area contributed by atoms with Crippen LogP contribution in [-0.4, -0.2) is 4.98 Å². The molecule has 0 amide bonds. The highest BCUT2D eigenvalue weighted by molar-refractivity contribution is 5.80. The number of aryl methyl sites for hydroxylation is 7. The monoisotopic (exact) mass is 711 g/mol. The highest BCUT2D eigenvalue weighted by Gasteiger charge is 2.13. The van der Waals surface area contributed by atoms with Gasteiger partial charge < -0.3 is 0 Å². The summed E-state index contributed by atoms with van der Waals surface area (Å²) in [6, 6.07) is 41.0. The normalized spacial score (nSPS) is 11.3. The van der Waals surface area contributed by atoms with Gasteiger partial charge in [-0.25, -0.2) is 4.98 Å². The molecule has 1 nitrogen and oxygen atoms in total. The second-order valence-electron chi connectivity index (χ2n) is 16.0. The largest absolute Gasteiger partial charge is 0.248 e. The highest BCUT2D eigenvalue weighted by Crippen LogP contribution is 2.35. The van der Waals surface area contributed by atoms with E-state index in [1.165, 1.54) is 137 Å². The van der Waals surface area contributed by atoms with E-state index in [1.54, 1.807) is 0 Å². The predicted molar refractivity (Wildman–Crippen MR) is 235 cm³/mol. The minimum absolute atomic E-state index is 0.996. The van der Waals surface area contributed by atoms with Crippen LogP contribution in [-0.2, 0) is 6.42 Å². The topological polar surface area (TPSA) is 12.9 Å². The van der Waals surface area contributed by atoms with Gasteiger partial charge in [0.1, 0.15) is 0 Å². The summed E-state index contributed by atoms with van der Waals surface area (Å²) >= 11 is 0. The molecule has 6 rings (SSSR count). The SMILES string of the molecule is CCCCCCCCCCCCc1ccc(-c2cc(-c3ccc(-c4c(C)cc(C)cc4C)cc3)nc(-c3ccc(-c4c(C)cc(C)cc4C)cc3)c2)cc1. The number of hydrogen-bond acceptors (Lipinski definition) is 1. The molecule has 1 aromatic heterocycles. The molecule has 0 saturated carbocycles. The quantitative estimate of drug-likeness (QED) is 0.0911. The van der Waals surface area contributed by atoms with E-state index >= 15 is 0 Å². The lowest BCUT2D eigenvalue weighted by atomic mass is 9.92. The smallest absolute Gasteiger partial charge is 0.0715 e. The van der Waals surface area contributed by atoms with Crippen molar-refractivity contribution in [2.75, 3.05) is 0 Å². The predicted octanol–water partition coefficient (Wildman–Crippen LogP) is 15.7. The third-order valence-electron chi connectivity index (χ3n) is 11.2. The van der Waals surface area contributed by atoms with Gasteiger partial charge in [0.2, 0.25) is 0 Å². The van der Waals surface area contributed by atoms with E-state index in [2.05, 4.69) is 158 Å². The molecule has 0 spiro atoms. The maximum atomic E-state index is 5.30. The van der Waals surface area contributed by atoms with Crippen molar-refractivity contribution < 1.29 is 0 Å². The van der Waals surface area contributed by atoms with Gasteiger partial charge in [-0.1, -0.05) is 173 Å². The number of unbranched alkanes of at least 4 members (excludes halogenated alkanes) is 9. The summed E-state index contributed by atoms with van der Waals surface area (Å²) in [5, 5.41) is 0. The summed E-state index contributed by atoms with van der Waals surface area (Å²) in [5.74, 6) is 0. The fourth-order valence-corrected chi connectivity index (χ4v) is 8.56. The van der Waals surface area contributed by atoms with E-state index in [9.17, 15) is 0 Å². The Hall–Kier alpha value is -4.75. The van der Waals surface area contributed by atoms with Gasteiger partial charge >= 0.3 is 0 Å². The van der Waals surface area contributed by atoms with E-state index in [0.29, 0.717) is 0 Å². The van der Waals surface area contributed by atoms with Crippen molar-refractivity contribution in [3.63, 3.8) is 0 Å². The van der Waals surface area contributed by atoms with Crippen molar-refractivity contribution in [2.45, 2.75) is 119 Å². The first kappa shape index (κ1) is 39.0. The molecule has 0 fully saturated rings. The summed E-state index contributed by atoms with van der Waals surface area (Å²) in [6.07, 6.45) is 14.9. The Balaban J connectivity index is 1.24. The van der Waals surface area contributed by atoms with Gasteiger partial charge in [-0.15, -0.1) is 0 Å². The summed E-state index contributed by atoms with van der Waals surface area (Å²) in [5.41, 5.74) is 21.2. The van der Waals surface area contributed by atoms with Crippen LogP contribution in [0.1, 0.15) is 110 Å². The van der Waals surface area contributed by atoms with Crippen molar-refractivity contribution in [1.29, 1.82) is 0 Å². The van der Waals surface area contributed by atoms with Gasteiger partial charge in [0, 0.05) is 11.1 Å². The number of rotatable bonds is 16. The molecule has 0 aliphatic heterocycles. The molecule has 1 heteroatoms. The second kappa shape index (κ2) is 18.5. The lowest BCUT2D eigenvalue weighted by Crippen LogP contribution is -1.94. The zero-order chi connectivity index (χ0) is 38.0. The summed E-state index contributed by atoms with van der Waals surface area (Å²) in [6.45, 7) is 15.5. The maximum Gasteiger partial charge on any atom is 0.0715 e. The second-order valence-corrected chi connectivity index (χ2v) is 16.0. The first-order chi connectivity index (χ1) is 26.2. The average molecular weight is 712 g/mol. The van der Waals surface area contributed by atoms with Gasteiger partial charge in [0.15, 0.2) is 0 Å². The Morgan fingerprint density at radius 3 is 1.11 bits per heavy atom. The van der Waals surface area contributed by atoms with Crippen LogP contribution >= 0.6 is 0 Å². The molecule has 0 atom stereocenters. The van der Waals surface area contributed by atoms with Crippen LogP contribution in [0.5, 0.6) is 0 Å². The molecule has 0 aliphatic rings. The first-order valence-electron chi connectivity index (χ1n) is 20.7. The first-order valence-corrected chi connectivity index (χ1v) is 20.7. The van der Waals surface area contributed by atoms with E-state index < -0.39 is 0 Å². The molecular weight excluding hydrogens is 651 g/mol. The summed E-state index contributed by atoms with van der Waals surface area (Å²) in [4.78, 5) is 5.30. The Morgan fingerprint density at radius 2 is 0.704 bits per heavy atom. The van der Waals surface area contributed by atoms with Gasteiger partial charge in [-0.3, -0.25) is 0 Å². The lowest BCUT2D eigenvalue weighted by Gasteiger charge is -2.14. The fourth-order valence-electron chi connectivity index (χ4n) is 8.56. The van der Waals surface area contributed by atoms with Crippen molar-refractivity contribution in [3.05, 3.63) is 148 Å². The Labute approximate surface area is 327 Å². The van der Waals surface area contributed by atoms with E-state index in [0.717, 1.165) is 28.9 Å². The van der Waals surface area contributed by atoms with Crippen molar-refractivity contribution in [3.8, 4) is 55.9 Å². The van der Waals surface area contributed by atoms with Gasteiger partial charge in [0.25, 0.3) is 0 Å². The van der Waals surface area contributed by atoms with Crippen LogP contribution in [0.15, 0.2) is 109 Å². The minimum atomic E-state index is 0.996. The zero-order valence-corrected chi connectivity index (χ0v) is 34.1. The highest BCUT2D eigenvalue weighted by atomic mass is 14.7. The Kier molecular flexibility index (Phi) is 13.4. The van der Waals surface area contributed by atoms with Crippen molar-refractivity contribution in [2.24, 2.45) is 0 Å². The van der Waals surface area contributed by atoms with Gasteiger partial charge in [0.05, 0.1) is 11.4 Å². The summed E-state index contributed by atoms with van der Waals surface area (Å²) in [7, 11) is 0. The minimum Gasteiger partial charge on any atom is -0.248 e.